The maximum absolute atomic E-state index is 14.4. The third-order valence-electron chi connectivity index (χ3n) is 13.5. The first kappa shape index (κ1) is 52.3. The van der Waals surface area contributed by atoms with Gasteiger partial charge in [-0.3, -0.25) is 4.79 Å². The largest absolute Gasteiger partial charge is 0.417 e. The number of aliphatic hydroxyl groups is 1. The predicted octanol–water partition coefficient (Wildman–Crippen LogP) is 13.8. The van der Waals surface area contributed by atoms with Gasteiger partial charge in [0.05, 0.1) is 29.0 Å². The van der Waals surface area contributed by atoms with Crippen LogP contribution in [0.5, 0.6) is 0 Å². The molecule has 6 nitrogen and oxygen atoms in total. The molecule has 1 N–H and O–H groups in total. The summed E-state index contributed by atoms with van der Waals surface area (Å²) in [7, 11) is -6.17. The highest BCUT2D eigenvalue weighted by molar-refractivity contribution is 7.09. The van der Waals surface area contributed by atoms with E-state index in [-0.39, 0.29) is 39.0 Å². The summed E-state index contributed by atoms with van der Waals surface area (Å²) in [5.41, 5.74) is 2.76. The first-order valence-corrected chi connectivity index (χ1v) is 30.7. The molecule has 0 radical (unpaired) electrons. The zero-order chi connectivity index (χ0) is 43.2. The maximum Gasteiger partial charge on any atom is 0.192 e. The van der Waals surface area contributed by atoms with E-state index in [1.807, 2.05) is 27.7 Å². The molecule has 5 atom stereocenters. The number of thiazole rings is 1. The van der Waals surface area contributed by atoms with Gasteiger partial charge >= 0.3 is 0 Å². The van der Waals surface area contributed by atoms with Gasteiger partial charge < -0.3 is 18.4 Å². The lowest BCUT2D eigenvalue weighted by molar-refractivity contribution is -0.141. The van der Waals surface area contributed by atoms with Crippen molar-refractivity contribution in [1.29, 1.82) is 0 Å². The number of Topliss-reactive ketones (excluding diaryl/α,β-unsaturated/α-hetero) is 1. The number of carbonyl (C=O) groups is 1. The fraction of sp³-hybridized carbons (Fsp3) is 0.822. The third kappa shape index (κ3) is 15.4. The molecule has 1 heterocycles. The Morgan fingerprint density at radius 3 is 1.82 bits per heavy atom. The molecule has 0 saturated carbocycles. The highest BCUT2D eigenvalue weighted by Gasteiger charge is 2.48. The summed E-state index contributed by atoms with van der Waals surface area (Å²) in [5, 5.41) is 15.0. The Balaban J connectivity index is 3.07. The van der Waals surface area contributed by atoms with E-state index in [2.05, 4.69) is 145 Å². The van der Waals surface area contributed by atoms with Gasteiger partial charge in [-0.05, 0) is 125 Å². The van der Waals surface area contributed by atoms with Gasteiger partial charge in [-0.15, -0.1) is 11.3 Å². The Bertz CT molecular complexity index is 1420. The van der Waals surface area contributed by atoms with Crippen LogP contribution in [0.4, 0.5) is 0 Å². The number of aliphatic hydroxyl groups excluding tert-OH is 1. The predicted molar refractivity (Wildman–Crippen MR) is 248 cm³/mol. The second kappa shape index (κ2) is 20.0. The molecule has 0 aliphatic rings. The van der Waals surface area contributed by atoms with Crippen LogP contribution in [0.1, 0.15) is 147 Å². The van der Waals surface area contributed by atoms with Crippen LogP contribution in [-0.4, -0.2) is 65.7 Å². The Hall–Kier alpha value is -0.729. The van der Waals surface area contributed by atoms with Crippen molar-refractivity contribution in [3.8, 4) is 0 Å². The quantitative estimate of drug-likeness (QED) is 0.0981. The Morgan fingerprint density at radius 2 is 1.35 bits per heavy atom. The van der Waals surface area contributed by atoms with Crippen molar-refractivity contribution in [2.75, 3.05) is 6.61 Å². The third-order valence-corrected chi connectivity index (χ3v) is 27.8. The lowest BCUT2D eigenvalue weighted by Gasteiger charge is -2.45. The fourth-order valence-electron chi connectivity index (χ4n) is 6.05. The summed E-state index contributed by atoms with van der Waals surface area (Å²) >= 11 is 1.67. The Kier molecular flexibility index (Phi) is 19.0. The van der Waals surface area contributed by atoms with Gasteiger partial charge in [0.1, 0.15) is 5.78 Å². The monoisotopic (exact) mass is 838 g/mol. The van der Waals surface area contributed by atoms with Crippen LogP contribution in [-0.2, 0) is 18.1 Å². The van der Waals surface area contributed by atoms with Crippen molar-refractivity contribution >= 4 is 48.1 Å². The van der Waals surface area contributed by atoms with Gasteiger partial charge in [0.2, 0.25) is 0 Å². The summed E-state index contributed by atoms with van der Waals surface area (Å²) in [6, 6.07) is 0. The van der Waals surface area contributed by atoms with Crippen LogP contribution in [0.25, 0.3) is 6.08 Å². The first-order chi connectivity index (χ1) is 24.6. The molecule has 55 heavy (non-hydrogen) atoms. The van der Waals surface area contributed by atoms with Crippen LogP contribution in [0.3, 0.4) is 0 Å². The zero-order valence-corrected chi connectivity index (χ0v) is 43.6. The summed E-state index contributed by atoms with van der Waals surface area (Å²) in [6.07, 6.45) is 7.73. The average molecular weight is 839 g/mol. The van der Waals surface area contributed by atoms with Crippen molar-refractivity contribution in [2.45, 2.75) is 216 Å². The first-order valence-electron chi connectivity index (χ1n) is 21.1. The highest BCUT2D eigenvalue weighted by Crippen LogP contribution is 2.43. The van der Waals surface area contributed by atoms with Crippen molar-refractivity contribution in [3.63, 3.8) is 0 Å². The number of aromatic nitrogens is 1. The lowest BCUT2D eigenvalue weighted by Crippen LogP contribution is -2.52. The summed E-state index contributed by atoms with van der Waals surface area (Å²) in [6.45, 7) is 49.1. The number of hydrogen-bond acceptors (Lipinski definition) is 7. The number of nitrogens with zero attached hydrogens (tertiary/aromatic N) is 1. The van der Waals surface area contributed by atoms with E-state index in [1.165, 1.54) is 11.1 Å². The number of ketones is 1. The Labute approximate surface area is 347 Å². The fourth-order valence-corrected chi connectivity index (χ4v) is 10.5. The molecule has 320 valence electrons. The molecule has 0 fully saturated rings. The molecule has 1 aromatic heterocycles. The number of rotatable bonds is 21. The van der Waals surface area contributed by atoms with Crippen LogP contribution in [0.15, 0.2) is 22.6 Å². The molecule has 10 heteroatoms. The van der Waals surface area contributed by atoms with Gasteiger partial charge in [0.15, 0.2) is 25.0 Å². The van der Waals surface area contributed by atoms with Gasteiger partial charge in [0, 0.05) is 23.3 Å². The smallest absolute Gasteiger partial charge is 0.192 e. The van der Waals surface area contributed by atoms with Crippen molar-refractivity contribution in [2.24, 2.45) is 17.3 Å². The molecule has 1 rings (SSSR count). The molecular formula is C45H87NO5SSi3. The maximum atomic E-state index is 14.4. The molecule has 0 aliphatic carbocycles. The molecule has 0 bridgehead atoms. The molecule has 0 spiro atoms. The lowest BCUT2D eigenvalue weighted by atomic mass is 9.73. The van der Waals surface area contributed by atoms with Crippen LogP contribution in [0.2, 0.25) is 54.4 Å². The van der Waals surface area contributed by atoms with Crippen molar-refractivity contribution in [1.82, 2.24) is 4.98 Å². The molecule has 0 saturated heterocycles. The van der Waals surface area contributed by atoms with Gasteiger partial charge in [-0.25, -0.2) is 4.98 Å². The minimum Gasteiger partial charge on any atom is -0.417 e. The van der Waals surface area contributed by atoms with Crippen LogP contribution >= 0.6 is 11.3 Å². The van der Waals surface area contributed by atoms with Crippen molar-refractivity contribution < 1.29 is 23.2 Å². The number of hydrogen-bond donors (Lipinski definition) is 1. The van der Waals surface area contributed by atoms with E-state index >= 15 is 0 Å². The number of aryl methyl sites for hydroxylation is 1. The minimum atomic E-state index is -2.20. The Morgan fingerprint density at radius 1 is 0.836 bits per heavy atom. The summed E-state index contributed by atoms with van der Waals surface area (Å²) in [5.74, 6) is -0.438. The SMILES string of the molecule is C/C(=C/C[C@H](O[Si](C)(C)C(C)(C)C)/C(C)=C/c1csc(C)n1)CCC[C@H](C)C(O)[C@@H](C)C(=O)C(C)(C)[C@H](CCO[Si](C)(C)C(C)(C)C)O[Si](C)(C)C(C)(C)C. The molecule has 0 aliphatic heterocycles. The van der Waals surface area contributed by atoms with Crippen LogP contribution in [0, 0.1) is 24.2 Å². The minimum absolute atomic E-state index is 0.00290. The van der Waals surface area contributed by atoms with Gasteiger partial charge in [-0.2, -0.15) is 0 Å². The molecule has 0 amide bonds. The van der Waals surface area contributed by atoms with Gasteiger partial charge in [-0.1, -0.05) is 102 Å². The van der Waals surface area contributed by atoms with Crippen molar-refractivity contribution in [3.05, 3.63) is 33.3 Å². The van der Waals surface area contributed by atoms with E-state index < -0.39 is 42.4 Å². The summed E-state index contributed by atoms with van der Waals surface area (Å²) < 4.78 is 20.6. The molecule has 1 unspecified atom stereocenters. The van der Waals surface area contributed by atoms with E-state index in [0.29, 0.717) is 13.0 Å². The van der Waals surface area contributed by atoms with Crippen LogP contribution < -0.4 is 0 Å². The van der Waals surface area contributed by atoms with Gasteiger partial charge in [0.25, 0.3) is 0 Å². The average Bonchev–Trinajstić information content (AvgIpc) is 3.43. The second-order valence-electron chi connectivity index (χ2n) is 21.8. The number of carbonyl (C=O) groups excluding carboxylic acids is 1. The second-order valence-corrected chi connectivity index (χ2v) is 37.2. The van der Waals surface area contributed by atoms with E-state index in [4.69, 9.17) is 13.3 Å². The highest BCUT2D eigenvalue weighted by atomic mass is 32.1. The van der Waals surface area contributed by atoms with E-state index in [9.17, 15) is 9.90 Å². The number of allylic oxidation sites excluding steroid dienone is 1. The summed E-state index contributed by atoms with van der Waals surface area (Å²) in [4.78, 5) is 19.1. The molecular weight excluding hydrogens is 751 g/mol. The molecule has 1 aromatic rings. The normalized spacial score (nSPS) is 17.6. The molecule has 0 aromatic carbocycles. The standard InChI is InChI=1S/C45H87NO5SSi3/c1-32(26-27-38(50-54(19,20)43(9,10)11)34(3)30-37-31-52-36(5)46-37)24-23-25-33(2)40(47)35(4)41(48)45(15,16)39(51-55(21,22)44(12,13)14)28-29-49-53(17,18)42(6,7)8/h26,30-31,33,35,38-40,47H,23-25,27-29H2,1-22H3/b32-26-,34-30+/t33-,35+,38-,39-,40?/m0/s1. The zero-order valence-electron chi connectivity index (χ0n) is 39.8. The topological polar surface area (TPSA) is 77.9 Å². The van der Waals surface area contributed by atoms with E-state index in [1.54, 1.807) is 11.3 Å². The van der Waals surface area contributed by atoms with E-state index in [0.717, 1.165) is 36.4 Å².